The van der Waals surface area contributed by atoms with E-state index in [0.29, 0.717) is 0 Å². The zero-order valence-electron chi connectivity index (χ0n) is 41.0. The lowest BCUT2D eigenvalue weighted by Crippen LogP contribution is -2.16. The Morgan fingerprint density at radius 1 is 0.214 bits per heavy atom. The van der Waals surface area contributed by atoms with Crippen molar-refractivity contribution in [3.8, 4) is 0 Å². The summed E-state index contributed by atoms with van der Waals surface area (Å²) in [4.78, 5) is 9.03. The maximum atomic E-state index is 4.52. The van der Waals surface area contributed by atoms with Crippen LogP contribution in [0.5, 0.6) is 0 Å². The SMILES string of the molecule is CC(C)(C)c1ccc(C(C)(C)C)cc1.CC(C)(C)c1ccc(C(C)(C)C)cc1.CC(C)(C)c1ccc(C(C)(C)C)nc1.CC(C)(C)c1ccc(C(C)(C)C)nc1. The summed E-state index contributed by atoms with van der Waals surface area (Å²) in [7, 11) is 0. The number of hydrogen-bond donors (Lipinski definition) is 0. The van der Waals surface area contributed by atoms with Crippen molar-refractivity contribution in [1.82, 2.24) is 9.97 Å². The number of hydrogen-bond acceptors (Lipinski definition) is 2. The summed E-state index contributed by atoms with van der Waals surface area (Å²) < 4.78 is 0. The third-order valence-corrected chi connectivity index (χ3v) is 10.0. The molecule has 2 aromatic carbocycles. The van der Waals surface area contributed by atoms with Gasteiger partial charge in [0.05, 0.1) is 0 Å². The van der Waals surface area contributed by atoms with E-state index in [2.05, 4.69) is 249 Å². The van der Waals surface area contributed by atoms with E-state index in [0.717, 1.165) is 11.4 Å². The summed E-state index contributed by atoms with van der Waals surface area (Å²) in [5.74, 6) is 0. The Bertz CT molecular complexity index is 1310. The molecule has 0 aliphatic carbocycles. The molecule has 0 aliphatic rings. The van der Waals surface area contributed by atoms with Crippen molar-refractivity contribution in [3.63, 3.8) is 0 Å². The Balaban J connectivity index is 0.000000373. The van der Waals surface area contributed by atoms with Gasteiger partial charge in [-0.05, 0) is 78.0 Å². The molecule has 4 aromatic rings. The Morgan fingerprint density at radius 2 is 0.375 bits per heavy atom. The summed E-state index contributed by atoms with van der Waals surface area (Å²) in [5, 5.41) is 0. The van der Waals surface area contributed by atoms with Crippen LogP contribution in [0.25, 0.3) is 0 Å². The molecule has 2 heterocycles. The highest BCUT2D eigenvalue weighted by atomic mass is 14.7. The molecule has 0 N–H and O–H groups in total. The van der Waals surface area contributed by atoms with Gasteiger partial charge in [0.1, 0.15) is 0 Å². The minimum Gasteiger partial charge on any atom is -0.260 e. The van der Waals surface area contributed by atoms with Crippen LogP contribution in [0.1, 0.15) is 211 Å². The predicted molar refractivity (Wildman–Crippen MR) is 251 cm³/mol. The zero-order chi connectivity index (χ0) is 43.9. The topological polar surface area (TPSA) is 25.8 Å². The molecular weight excluding hydrogens is 677 g/mol. The minimum absolute atomic E-state index is 0.149. The fourth-order valence-electron chi connectivity index (χ4n) is 5.50. The first-order valence-electron chi connectivity index (χ1n) is 21.0. The van der Waals surface area contributed by atoms with Gasteiger partial charge in [-0.2, -0.15) is 0 Å². The van der Waals surface area contributed by atoms with Crippen LogP contribution in [0.4, 0.5) is 0 Å². The van der Waals surface area contributed by atoms with Crippen molar-refractivity contribution in [2.75, 3.05) is 0 Å². The largest absolute Gasteiger partial charge is 0.260 e. The molecule has 2 heteroatoms. The summed E-state index contributed by atoms with van der Waals surface area (Å²) in [6.07, 6.45) is 4.00. The maximum Gasteiger partial charge on any atom is 0.0457 e. The molecule has 0 unspecified atom stereocenters. The smallest absolute Gasteiger partial charge is 0.0457 e. The molecule has 0 spiro atoms. The van der Waals surface area contributed by atoms with E-state index in [4.69, 9.17) is 0 Å². The molecule has 0 aliphatic heterocycles. The second-order valence-corrected chi connectivity index (χ2v) is 24.0. The Hall–Kier alpha value is -3.26. The Morgan fingerprint density at radius 3 is 0.482 bits per heavy atom. The molecule has 0 amide bonds. The van der Waals surface area contributed by atoms with Crippen molar-refractivity contribution >= 4 is 0 Å². The lowest BCUT2D eigenvalue weighted by atomic mass is 9.82. The standard InChI is InChI=1S/2C14H22.2C13H21N/c2*1-13(2,3)11-7-9-12(10-8-11)14(4,5)6;2*1-12(2,3)10-7-8-11(14-9-10)13(4,5)6/h2*7-10H,1-6H3;2*7-9H,1-6H3. The van der Waals surface area contributed by atoms with E-state index in [1.165, 1.54) is 33.4 Å². The third-order valence-electron chi connectivity index (χ3n) is 10.0. The summed E-state index contributed by atoms with van der Waals surface area (Å²) in [5.41, 5.74) is 12.3. The summed E-state index contributed by atoms with van der Waals surface area (Å²) in [6, 6.07) is 26.7. The minimum atomic E-state index is 0.149. The van der Waals surface area contributed by atoms with Crippen molar-refractivity contribution in [1.29, 1.82) is 0 Å². The van der Waals surface area contributed by atoms with Gasteiger partial charge in [-0.15, -0.1) is 0 Å². The molecule has 0 fully saturated rings. The molecule has 0 atom stereocenters. The van der Waals surface area contributed by atoms with Crippen LogP contribution in [0.3, 0.4) is 0 Å². The Labute approximate surface area is 348 Å². The molecule has 0 bridgehead atoms. The highest BCUT2D eigenvalue weighted by Crippen LogP contribution is 2.29. The van der Waals surface area contributed by atoms with E-state index < -0.39 is 0 Å². The number of pyridine rings is 2. The molecular formula is C54H86N2. The highest BCUT2D eigenvalue weighted by molar-refractivity contribution is 5.32. The highest BCUT2D eigenvalue weighted by Gasteiger charge is 2.21. The average molecular weight is 763 g/mol. The van der Waals surface area contributed by atoms with Crippen molar-refractivity contribution in [3.05, 3.63) is 130 Å². The summed E-state index contributed by atoms with van der Waals surface area (Å²) in [6.45, 7) is 53.4. The molecule has 2 aromatic heterocycles. The van der Waals surface area contributed by atoms with Crippen LogP contribution in [-0.4, -0.2) is 9.97 Å². The number of nitrogens with zero attached hydrogens (tertiary/aromatic N) is 2. The van der Waals surface area contributed by atoms with Gasteiger partial charge < -0.3 is 0 Å². The van der Waals surface area contributed by atoms with Crippen molar-refractivity contribution < 1.29 is 0 Å². The first-order valence-corrected chi connectivity index (χ1v) is 21.0. The van der Waals surface area contributed by atoms with Crippen molar-refractivity contribution in [2.45, 2.75) is 209 Å². The quantitative estimate of drug-likeness (QED) is 0.178. The first kappa shape index (κ1) is 50.8. The number of rotatable bonds is 0. The molecule has 0 saturated carbocycles. The van der Waals surface area contributed by atoms with Gasteiger partial charge >= 0.3 is 0 Å². The van der Waals surface area contributed by atoms with Gasteiger partial charge in [0.15, 0.2) is 0 Å². The first-order chi connectivity index (χ1) is 24.8. The van der Waals surface area contributed by atoms with Crippen LogP contribution < -0.4 is 0 Å². The molecule has 2 nitrogen and oxygen atoms in total. The van der Waals surface area contributed by atoms with Crippen LogP contribution in [-0.2, 0) is 43.3 Å². The summed E-state index contributed by atoms with van der Waals surface area (Å²) >= 11 is 0. The predicted octanol–water partition coefficient (Wildman–Crippen LogP) is 15.9. The molecule has 56 heavy (non-hydrogen) atoms. The lowest BCUT2D eigenvalue weighted by Gasteiger charge is -2.23. The van der Waals surface area contributed by atoms with Crippen molar-refractivity contribution in [2.24, 2.45) is 0 Å². The third kappa shape index (κ3) is 17.5. The van der Waals surface area contributed by atoms with Gasteiger partial charge in [0.2, 0.25) is 0 Å². The number of benzene rings is 2. The van der Waals surface area contributed by atoms with Crippen LogP contribution in [0, 0.1) is 0 Å². The second-order valence-electron chi connectivity index (χ2n) is 24.0. The van der Waals surface area contributed by atoms with Gasteiger partial charge in [0, 0.05) is 34.6 Å². The fraction of sp³-hybridized carbons (Fsp3) is 0.593. The molecule has 312 valence electrons. The van der Waals surface area contributed by atoms with Gasteiger partial charge in [-0.25, -0.2) is 0 Å². The molecule has 4 rings (SSSR count). The van der Waals surface area contributed by atoms with Crippen LogP contribution in [0.15, 0.2) is 85.2 Å². The normalized spacial score (nSPS) is 13.0. The Kier molecular flexibility index (Phi) is 16.8. The van der Waals surface area contributed by atoms with E-state index in [1.54, 1.807) is 0 Å². The lowest BCUT2D eigenvalue weighted by molar-refractivity contribution is 0.556. The average Bonchev–Trinajstić information content (AvgIpc) is 3.03. The van der Waals surface area contributed by atoms with Gasteiger partial charge in [-0.1, -0.05) is 227 Å². The van der Waals surface area contributed by atoms with E-state index in [-0.39, 0.29) is 43.3 Å². The zero-order valence-corrected chi connectivity index (χ0v) is 41.0. The van der Waals surface area contributed by atoms with Crippen LogP contribution in [0.2, 0.25) is 0 Å². The van der Waals surface area contributed by atoms with Crippen LogP contribution >= 0.6 is 0 Å². The number of aromatic nitrogens is 2. The maximum absolute atomic E-state index is 4.52. The van der Waals surface area contributed by atoms with E-state index >= 15 is 0 Å². The molecule has 0 saturated heterocycles. The monoisotopic (exact) mass is 763 g/mol. The van der Waals surface area contributed by atoms with E-state index in [1.807, 2.05) is 12.4 Å². The second kappa shape index (κ2) is 18.6. The van der Waals surface area contributed by atoms with Gasteiger partial charge in [-0.3, -0.25) is 9.97 Å². The fourth-order valence-corrected chi connectivity index (χ4v) is 5.50. The van der Waals surface area contributed by atoms with E-state index in [9.17, 15) is 0 Å². The van der Waals surface area contributed by atoms with Gasteiger partial charge in [0.25, 0.3) is 0 Å². The molecule has 0 radical (unpaired) electrons.